The monoisotopic (exact) mass is 408 g/mol. The predicted octanol–water partition coefficient (Wildman–Crippen LogP) is -0.454. The lowest BCUT2D eigenvalue weighted by Gasteiger charge is -2.41. The van der Waals surface area contributed by atoms with Gasteiger partial charge in [-0.1, -0.05) is 0 Å². The first kappa shape index (κ1) is 20.8. The SMILES string of the molecule is COc1ccc(N2C(=S)N[C@@H]3[C@@H](O)[C@H](O)C[C@H](C(=O)NCCN(C)C)[C@H]32)cc1. The van der Waals surface area contributed by atoms with Gasteiger partial charge in [-0.2, -0.15) is 0 Å². The van der Waals surface area contributed by atoms with Crippen LogP contribution >= 0.6 is 12.2 Å². The van der Waals surface area contributed by atoms with Crippen molar-refractivity contribution in [2.75, 3.05) is 39.2 Å². The molecule has 0 radical (unpaired) electrons. The van der Waals surface area contributed by atoms with Gasteiger partial charge in [0.2, 0.25) is 5.91 Å². The number of rotatable bonds is 6. The van der Waals surface area contributed by atoms with E-state index >= 15 is 0 Å². The van der Waals surface area contributed by atoms with Gasteiger partial charge in [-0.15, -0.1) is 0 Å². The Morgan fingerprint density at radius 3 is 2.64 bits per heavy atom. The number of hydrogen-bond acceptors (Lipinski definition) is 6. The number of aliphatic hydroxyl groups is 2. The standard InChI is InChI=1S/C19H28N4O4S/c1-22(2)9-8-20-18(26)13-10-14(24)17(25)15-16(13)23(19(28)21-15)11-4-6-12(27-3)7-5-11/h4-7,13-17,24-25H,8-10H2,1-3H3,(H,20,26)(H,21,28)/t13-,14+,15-,16+,17-/m0/s1. The van der Waals surface area contributed by atoms with E-state index in [-0.39, 0.29) is 12.3 Å². The molecule has 9 heteroatoms. The zero-order valence-electron chi connectivity index (χ0n) is 16.3. The van der Waals surface area contributed by atoms with Crippen LogP contribution in [-0.4, -0.2) is 84.7 Å². The van der Waals surface area contributed by atoms with Gasteiger partial charge in [-0.05, 0) is 57.0 Å². The summed E-state index contributed by atoms with van der Waals surface area (Å²) in [6, 6.07) is 6.47. The fourth-order valence-corrected chi connectivity index (χ4v) is 4.28. The van der Waals surface area contributed by atoms with Crippen molar-refractivity contribution in [3.8, 4) is 5.75 Å². The molecule has 1 saturated carbocycles. The molecule has 0 bridgehead atoms. The Bertz CT molecular complexity index is 714. The van der Waals surface area contributed by atoms with Crippen LogP contribution in [0.4, 0.5) is 5.69 Å². The second-order valence-corrected chi connectivity index (χ2v) is 7.92. The molecule has 3 rings (SSSR count). The molecule has 2 aliphatic rings. The average molecular weight is 409 g/mol. The summed E-state index contributed by atoms with van der Waals surface area (Å²) in [5.41, 5.74) is 0.806. The first-order chi connectivity index (χ1) is 13.3. The number of carbonyl (C=O) groups is 1. The molecule has 0 aromatic heterocycles. The van der Waals surface area contributed by atoms with Crippen molar-refractivity contribution < 1.29 is 19.7 Å². The average Bonchev–Trinajstić information content (AvgIpc) is 3.01. The maximum atomic E-state index is 12.9. The minimum Gasteiger partial charge on any atom is -0.497 e. The second kappa shape index (κ2) is 8.60. The maximum absolute atomic E-state index is 12.9. The number of amides is 1. The van der Waals surface area contributed by atoms with Gasteiger partial charge in [0.1, 0.15) is 11.9 Å². The van der Waals surface area contributed by atoms with Crippen LogP contribution in [0.2, 0.25) is 0 Å². The zero-order valence-corrected chi connectivity index (χ0v) is 17.1. The van der Waals surface area contributed by atoms with Crippen LogP contribution < -0.4 is 20.3 Å². The number of benzene rings is 1. The molecule has 1 saturated heterocycles. The van der Waals surface area contributed by atoms with Gasteiger partial charge in [0.25, 0.3) is 0 Å². The summed E-state index contributed by atoms with van der Waals surface area (Å²) in [4.78, 5) is 16.8. The van der Waals surface area contributed by atoms with E-state index in [0.29, 0.717) is 11.7 Å². The smallest absolute Gasteiger partial charge is 0.225 e. The summed E-state index contributed by atoms with van der Waals surface area (Å²) in [5, 5.41) is 27.3. The number of thiocarbonyl (C=S) groups is 1. The summed E-state index contributed by atoms with van der Waals surface area (Å²) in [7, 11) is 5.47. The molecule has 1 amide bonds. The van der Waals surface area contributed by atoms with Crippen molar-refractivity contribution >= 4 is 28.9 Å². The third-order valence-corrected chi connectivity index (χ3v) is 5.71. The van der Waals surface area contributed by atoms with E-state index in [1.165, 1.54) is 0 Å². The fourth-order valence-electron chi connectivity index (χ4n) is 3.92. The van der Waals surface area contributed by atoms with Gasteiger partial charge in [-0.3, -0.25) is 4.79 Å². The summed E-state index contributed by atoms with van der Waals surface area (Å²) in [5.74, 6) is 0.0591. The molecule has 0 unspecified atom stereocenters. The molecule has 28 heavy (non-hydrogen) atoms. The molecular formula is C19H28N4O4S. The van der Waals surface area contributed by atoms with E-state index in [0.717, 1.165) is 18.0 Å². The van der Waals surface area contributed by atoms with Gasteiger partial charge < -0.3 is 35.4 Å². The van der Waals surface area contributed by atoms with E-state index in [2.05, 4.69) is 10.6 Å². The Balaban J connectivity index is 1.86. The van der Waals surface area contributed by atoms with Crippen LogP contribution in [0.25, 0.3) is 0 Å². The van der Waals surface area contributed by atoms with Crippen LogP contribution in [0.5, 0.6) is 5.75 Å². The fraction of sp³-hybridized carbons (Fsp3) is 0.579. The number of ether oxygens (including phenoxy) is 1. The van der Waals surface area contributed by atoms with Crippen LogP contribution in [0.1, 0.15) is 6.42 Å². The number of nitrogens with one attached hydrogen (secondary N) is 2. The highest BCUT2D eigenvalue weighted by Gasteiger charge is 2.53. The first-order valence-electron chi connectivity index (χ1n) is 9.36. The molecule has 154 valence electrons. The van der Waals surface area contributed by atoms with Crippen molar-refractivity contribution in [2.24, 2.45) is 5.92 Å². The summed E-state index contributed by atoms with van der Waals surface area (Å²) < 4.78 is 5.21. The number of nitrogens with zero attached hydrogens (tertiary/aromatic N) is 2. The quantitative estimate of drug-likeness (QED) is 0.470. The molecule has 1 heterocycles. The highest BCUT2D eigenvalue weighted by atomic mass is 32.1. The molecule has 2 fully saturated rings. The highest BCUT2D eigenvalue weighted by Crippen LogP contribution is 2.37. The molecule has 1 aromatic rings. The molecule has 8 nitrogen and oxygen atoms in total. The summed E-state index contributed by atoms with van der Waals surface area (Å²) in [6.45, 7) is 1.23. The van der Waals surface area contributed by atoms with E-state index in [1.54, 1.807) is 7.11 Å². The Hall–Kier alpha value is -1.94. The topological polar surface area (TPSA) is 97.3 Å². The third kappa shape index (κ3) is 4.07. The number of fused-ring (bicyclic) bond motifs is 1. The van der Waals surface area contributed by atoms with Crippen molar-refractivity contribution in [2.45, 2.75) is 30.7 Å². The van der Waals surface area contributed by atoms with Gasteiger partial charge in [0.05, 0.1) is 31.2 Å². The number of carbonyl (C=O) groups excluding carboxylic acids is 1. The number of hydrogen-bond donors (Lipinski definition) is 4. The Labute approximate surface area is 170 Å². The molecule has 1 aromatic carbocycles. The van der Waals surface area contributed by atoms with Crippen LogP contribution in [0.3, 0.4) is 0 Å². The molecular weight excluding hydrogens is 380 g/mol. The summed E-state index contributed by atoms with van der Waals surface area (Å²) in [6.07, 6.45) is -1.82. The van der Waals surface area contributed by atoms with Crippen LogP contribution in [-0.2, 0) is 4.79 Å². The number of methoxy groups -OCH3 is 1. The van der Waals surface area contributed by atoms with Gasteiger partial charge in [-0.25, -0.2) is 0 Å². The lowest BCUT2D eigenvalue weighted by molar-refractivity contribution is -0.131. The van der Waals surface area contributed by atoms with E-state index in [9.17, 15) is 15.0 Å². The number of likely N-dealkylation sites (N-methyl/N-ethyl adjacent to an activating group) is 1. The maximum Gasteiger partial charge on any atom is 0.225 e. The highest BCUT2D eigenvalue weighted by molar-refractivity contribution is 7.80. The molecule has 4 N–H and O–H groups in total. The Kier molecular flexibility index (Phi) is 6.39. The van der Waals surface area contributed by atoms with Crippen molar-refractivity contribution in [1.29, 1.82) is 0 Å². The van der Waals surface area contributed by atoms with Crippen LogP contribution in [0.15, 0.2) is 24.3 Å². The van der Waals surface area contributed by atoms with E-state index in [1.807, 2.05) is 48.2 Å². The molecule has 0 spiro atoms. The normalized spacial score (nSPS) is 29.4. The molecule has 5 atom stereocenters. The zero-order chi connectivity index (χ0) is 20.4. The lowest BCUT2D eigenvalue weighted by Crippen LogP contribution is -2.61. The van der Waals surface area contributed by atoms with Gasteiger partial charge in [0, 0.05) is 18.8 Å². The predicted molar refractivity (Wildman–Crippen MR) is 110 cm³/mol. The van der Waals surface area contributed by atoms with Crippen molar-refractivity contribution in [3.63, 3.8) is 0 Å². The first-order valence-corrected chi connectivity index (χ1v) is 9.76. The van der Waals surface area contributed by atoms with E-state index < -0.39 is 30.2 Å². The summed E-state index contributed by atoms with van der Waals surface area (Å²) >= 11 is 5.50. The molecule has 1 aliphatic heterocycles. The lowest BCUT2D eigenvalue weighted by atomic mass is 9.77. The third-order valence-electron chi connectivity index (χ3n) is 5.39. The minimum atomic E-state index is -1.00. The van der Waals surface area contributed by atoms with Crippen molar-refractivity contribution in [3.05, 3.63) is 24.3 Å². The van der Waals surface area contributed by atoms with Gasteiger partial charge >= 0.3 is 0 Å². The van der Waals surface area contributed by atoms with Crippen LogP contribution in [0, 0.1) is 5.92 Å². The Morgan fingerprint density at radius 2 is 2.04 bits per heavy atom. The Morgan fingerprint density at radius 1 is 1.36 bits per heavy atom. The minimum absolute atomic E-state index is 0.146. The number of aliphatic hydroxyl groups excluding tert-OH is 2. The van der Waals surface area contributed by atoms with Gasteiger partial charge in [0.15, 0.2) is 5.11 Å². The molecule has 1 aliphatic carbocycles. The second-order valence-electron chi connectivity index (χ2n) is 7.53. The van der Waals surface area contributed by atoms with E-state index in [4.69, 9.17) is 17.0 Å². The largest absolute Gasteiger partial charge is 0.497 e. The van der Waals surface area contributed by atoms with Crippen molar-refractivity contribution in [1.82, 2.24) is 15.5 Å². The number of anilines is 1.